The van der Waals surface area contributed by atoms with Gasteiger partial charge in [0.1, 0.15) is 0 Å². The Bertz CT molecular complexity index is 826. The number of hydrogen-bond acceptors (Lipinski definition) is 5. The van der Waals surface area contributed by atoms with Crippen molar-refractivity contribution in [1.29, 1.82) is 0 Å². The van der Waals surface area contributed by atoms with Crippen molar-refractivity contribution in [2.24, 2.45) is 0 Å². The molecule has 1 aromatic heterocycles. The molecule has 7 nitrogen and oxygen atoms in total. The quantitative estimate of drug-likeness (QED) is 0.676. The first-order chi connectivity index (χ1) is 12.9. The van der Waals surface area contributed by atoms with Crippen LogP contribution < -0.4 is 16.2 Å². The van der Waals surface area contributed by atoms with Gasteiger partial charge < -0.3 is 5.32 Å². The van der Waals surface area contributed by atoms with Crippen LogP contribution in [0.2, 0.25) is 5.02 Å². The van der Waals surface area contributed by atoms with E-state index in [2.05, 4.69) is 15.3 Å². The molecule has 1 aliphatic rings. The zero-order valence-corrected chi connectivity index (χ0v) is 14.8. The molecule has 1 heterocycles. The molecule has 2 amide bonds. The van der Waals surface area contributed by atoms with E-state index < -0.39 is 18.2 Å². The van der Waals surface area contributed by atoms with Gasteiger partial charge in [0.05, 0.1) is 11.1 Å². The van der Waals surface area contributed by atoms with Crippen molar-refractivity contribution in [3.8, 4) is 0 Å². The molecule has 3 N–H and O–H groups in total. The molecule has 1 aromatic carbocycles. The van der Waals surface area contributed by atoms with Crippen molar-refractivity contribution in [1.82, 2.24) is 20.8 Å². The zero-order chi connectivity index (χ0) is 19.4. The molecule has 0 spiro atoms. The highest BCUT2D eigenvalue weighted by atomic mass is 35.5. The van der Waals surface area contributed by atoms with Crippen molar-refractivity contribution in [2.45, 2.75) is 31.2 Å². The Morgan fingerprint density at radius 2 is 1.70 bits per heavy atom. The predicted molar refractivity (Wildman–Crippen MR) is 94.2 cm³/mol. The monoisotopic (exact) mass is 395 g/mol. The van der Waals surface area contributed by atoms with Gasteiger partial charge in [-0.15, -0.1) is 0 Å². The van der Waals surface area contributed by atoms with Crippen LogP contribution in [0.15, 0.2) is 36.7 Å². The number of carbonyl (C=O) groups is 2. The van der Waals surface area contributed by atoms with E-state index in [-0.39, 0.29) is 11.1 Å². The van der Waals surface area contributed by atoms with Crippen LogP contribution in [0.3, 0.4) is 0 Å². The lowest BCUT2D eigenvalue weighted by Gasteiger charge is -2.43. The Morgan fingerprint density at radius 1 is 1.07 bits per heavy atom. The lowest BCUT2D eigenvalue weighted by atomic mass is 9.72. The SMILES string of the molecule is O=C(NNC(=O)C(F)F)c1cnc(NC2(c3ccc(Cl)cc3)CCC2)nc1. The third-order valence-electron chi connectivity index (χ3n) is 4.37. The standard InChI is InChI=1S/C17H16ClF2N5O2/c18-12-4-2-11(3-5-12)17(6-1-7-17)23-16-21-8-10(9-22-16)14(26)24-25-15(27)13(19)20/h2-5,8-9,13H,1,6-7H2,(H,24,26)(H,25,27)(H,21,22,23). The molecule has 142 valence electrons. The minimum Gasteiger partial charge on any atom is -0.345 e. The Morgan fingerprint density at radius 3 is 2.22 bits per heavy atom. The van der Waals surface area contributed by atoms with Crippen LogP contribution in [0.25, 0.3) is 0 Å². The van der Waals surface area contributed by atoms with Gasteiger partial charge >= 0.3 is 12.3 Å². The maximum Gasteiger partial charge on any atom is 0.317 e. The summed E-state index contributed by atoms with van der Waals surface area (Å²) in [6.45, 7) is 0. The van der Waals surface area contributed by atoms with Gasteiger partial charge in [-0.3, -0.25) is 20.4 Å². The van der Waals surface area contributed by atoms with Crippen molar-refractivity contribution in [3.05, 3.63) is 52.8 Å². The van der Waals surface area contributed by atoms with Crippen LogP contribution in [0, 0.1) is 0 Å². The topological polar surface area (TPSA) is 96.0 Å². The lowest BCUT2D eigenvalue weighted by molar-refractivity contribution is -0.132. The number of halogens is 3. The summed E-state index contributed by atoms with van der Waals surface area (Å²) >= 11 is 5.94. The fourth-order valence-corrected chi connectivity index (χ4v) is 2.88. The Hall–Kier alpha value is -2.81. The van der Waals surface area contributed by atoms with Gasteiger partial charge in [0.15, 0.2) is 0 Å². The molecule has 0 atom stereocenters. The Kier molecular flexibility index (Phi) is 5.50. The number of amides is 2. The molecular weight excluding hydrogens is 380 g/mol. The van der Waals surface area contributed by atoms with Crippen molar-refractivity contribution >= 4 is 29.4 Å². The molecule has 0 radical (unpaired) electrons. The average molecular weight is 396 g/mol. The number of alkyl halides is 2. The molecule has 0 saturated heterocycles. The van der Waals surface area contributed by atoms with Crippen LogP contribution in [0.4, 0.5) is 14.7 Å². The van der Waals surface area contributed by atoms with Gasteiger partial charge in [-0.25, -0.2) is 9.97 Å². The molecule has 0 unspecified atom stereocenters. The van der Waals surface area contributed by atoms with Gasteiger partial charge in [0.25, 0.3) is 5.91 Å². The number of nitrogens with zero attached hydrogens (tertiary/aromatic N) is 2. The van der Waals surface area contributed by atoms with Gasteiger partial charge in [0, 0.05) is 17.4 Å². The molecule has 0 bridgehead atoms. The molecule has 2 aromatic rings. The third-order valence-corrected chi connectivity index (χ3v) is 4.62. The second-order valence-electron chi connectivity index (χ2n) is 6.11. The van der Waals surface area contributed by atoms with Crippen molar-refractivity contribution < 1.29 is 18.4 Å². The van der Waals surface area contributed by atoms with Crippen LogP contribution in [0.5, 0.6) is 0 Å². The fourth-order valence-electron chi connectivity index (χ4n) is 2.75. The lowest BCUT2D eigenvalue weighted by Crippen LogP contribution is -2.44. The number of anilines is 1. The van der Waals surface area contributed by atoms with E-state index in [1.807, 2.05) is 29.7 Å². The number of nitrogens with one attached hydrogen (secondary N) is 3. The highest BCUT2D eigenvalue weighted by Gasteiger charge is 2.39. The van der Waals surface area contributed by atoms with Gasteiger partial charge in [-0.1, -0.05) is 23.7 Å². The summed E-state index contributed by atoms with van der Waals surface area (Å²) < 4.78 is 24.2. The number of benzene rings is 1. The smallest absolute Gasteiger partial charge is 0.317 e. The van der Waals surface area contributed by atoms with E-state index in [0.29, 0.717) is 11.0 Å². The van der Waals surface area contributed by atoms with Crippen molar-refractivity contribution in [3.63, 3.8) is 0 Å². The molecular formula is C17H16ClF2N5O2. The second kappa shape index (κ2) is 7.83. The molecule has 0 aliphatic heterocycles. The molecule has 3 rings (SSSR count). The maximum absolute atomic E-state index is 12.1. The summed E-state index contributed by atoms with van der Waals surface area (Å²) in [5, 5.41) is 3.94. The van der Waals surface area contributed by atoms with E-state index in [1.54, 1.807) is 5.43 Å². The molecule has 10 heteroatoms. The van der Waals surface area contributed by atoms with E-state index in [9.17, 15) is 18.4 Å². The average Bonchev–Trinajstić information content (AvgIpc) is 2.63. The van der Waals surface area contributed by atoms with Crippen molar-refractivity contribution in [2.75, 3.05) is 5.32 Å². The van der Waals surface area contributed by atoms with Crippen LogP contribution in [-0.2, 0) is 10.3 Å². The maximum atomic E-state index is 12.1. The summed E-state index contributed by atoms with van der Waals surface area (Å²) in [7, 11) is 0. The van der Waals surface area contributed by atoms with E-state index >= 15 is 0 Å². The largest absolute Gasteiger partial charge is 0.345 e. The fraction of sp³-hybridized carbons (Fsp3) is 0.294. The van der Waals surface area contributed by atoms with Gasteiger partial charge in [-0.2, -0.15) is 8.78 Å². The summed E-state index contributed by atoms with van der Waals surface area (Å²) in [5.41, 5.74) is 4.27. The number of hydrazine groups is 1. The number of rotatable bonds is 5. The first-order valence-electron chi connectivity index (χ1n) is 8.14. The molecule has 27 heavy (non-hydrogen) atoms. The molecule has 1 fully saturated rings. The minimum atomic E-state index is -3.22. The van der Waals surface area contributed by atoms with E-state index in [0.717, 1.165) is 24.8 Å². The highest BCUT2D eigenvalue weighted by Crippen LogP contribution is 2.43. The van der Waals surface area contributed by atoms with Crippen LogP contribution in [-0.4, -0.2) is 28.2 Å². The zero-order valence-electron chi connectivity index (χ0n) is 14.0. The van der Waals surface area contributed by atoms with Gasteiger partial charge in [0.2, 0.25) is 5.95 Å². The van der Waals surface area contributed by atoms with Crippen LogP contribution in [0.1, 0.15) is 35.2 Å². The predicted octanol–water partition coefficient (Wildman–Crippen LogP) is 2.65. The summed E-state index contributed by atoms with van der Waals surface area (Å²) in [6.07, 6.45) is 2.13. The molecule has 1 aliphatic carbocycles. The Labute approximate surface area is 158 Å². The van der Waals surface area contributed by atoms with Gasteiger partial charge in [-0.05, 0) is 37.0 Å². The van der Waals surface area contributed by atoms with Crippen LogP contribution >= 0.6 is 11.6 Å². The second-order valence-corrected chi connectivity index (χ2v) is 6.54. The summed E-state index contributed by atoms with van der Waals surface area (Å²) in [6, 6.07) is 7.53. The highest BCUT2D eigenvalue weighted by molar-refractivity contribution is 6.30. The normalized spacial score (nSPS) is 15.0. The third kappa shape index (κ3) is 4.30. The number of hydrogen-bond donors (Lipinski definition) is 3. The number of aromatic nitrogens is 2. The summed E-state index contributed by atoms with van der Waals surface area (Å²) in [4.78, 5) is 30.8. The first-order valence-corrected chi connectivity index (χ1v) is 8.52. The molecule has 1 saturated carbocycles. The minimum absolute atomic E-state index is 0.0178. The van der Waals surface area contributed by atoms with E-state index in [1.165, 1.54) is 12.4 Å². The summed E-state index contributed by atoms with van der Waals surface area (Å²) in [5.74, 6) is -2.07. The Balaban J connectivity index is 1.65. The number of carbonyl (C=O) groups excluding carboxylic acids is 2. The van der Waals surface area contributed by atoms with E-state index in [4.69, 9.17) is 11.6 Å². The first kappa shape index (κ1) is 19.0.